The van der Waals surface area contributed by atoms with Crippen molar-refractivity contribution < 1.29 is 13.5 Å². The van der Waals surface area contributed by atoms with Crippen LogP contribution in [0.3, 0.4) is 0 Å². The maximum Gasteiger partial charge on any atom is 0.262 e. The summed E-state index contributed by atoms with van der Waals surface area (Å²) in [5.74, 6) is 0.684. The number of sulfonamides is 1. The lowest BCUT2D eigenvalue weighted by Crippen LogP contribution is -2.44. The van der Waals surface area contributed by atoms with Gasteiger partial charge in [0, 0.05) is 32.9 Å². The van der Waals surface area contributed by atoms with Crippen LogP contribution in [0.25, 0.3) is 0 Å². The lowest BCUT2D eigenvalue weighted by atomic mass is 10.2. The van der Waals surface area contributed by atoms with E-state index in [1.807, 2.05) is 11.5 Å². The first-order valence-corrected chi connectivity index (χ1v) is 8.22. The molecule has 1 aromatic rings. The monoisotopic (exact) mass is 302 g/mol. The van der Waals surface area contributed by atoms with E-state index in [0.29, 0.717) is 18.9 Å². The second-order valence-electron chi connectivity index (χ2n) is 5.13. The van der Waals surface area contributed by atoms with E-state index in [2.05, 4.69) is 10.3 Å². The maximum atomic E-state index is 12.5. The molecule has 0 bridgehead atoms. The summed E-state index contributed by atoms with van der Waals surface area (Å²) in [4.78, 5) is 4.15. The Kier molecular flexibility index (Phi) is 4.48. The van der Waals surface area contributed by atoms with E-state index in [1.54, 1.807) is 13.1 Å². The number of likely N-dealkylation sites (N-methyl/N-ethyl adjacent to an activating group) is 1. The number of β-amino-alcohol motifs (C(OH)–C–C–N with tert-alkyl or cyclic N) is 1. The molecule has 2 rings (SSSR count). The normalized spacial score (nSPS) is 23.6. The summed E-state index contributed by atoms with van der Waals surface area (Å²) in [5.41, 5.74) is 0. The minimum atomic E-state index is -3.67. The van der Waals surface area contributed by atoms with E-state index in [1.165, 1.54) is 11.4 Å². The Balaban J connectivity index is 2.27. The Morgan fingerprint density at radius 3 is 2.80 bits per heavy atom. The average Bonchev–Trinajstić information content (AvgIpc) is 2.96. The zero-order valence-electron chi connectivity index (χ0n) is 12.1. The van der Waals surface area contributed by atoms with Crippen LogP contribution < -0.4 is 5.32 Å². The molecule has 1 aliphatic rings. The highest BCUT2D eigenvalue weighted by molar-refractivity contribution is 7.89. The average molecular weight is 302 g/mol. The minimum Gasteiger partial charge on any atom is -0.390 e. The van der Waals surface area contributed by atoms with Crippen molar-refractivity contribution >= 4 is 10.0 Å². The smallest absolute Gasteiger partial charge is 0.262 e. The first-order valence-electron chi connectivity index (χ1n) is 6.78. The van der Waals surface area contributed by atoms with Gasteiger partial charge in [0.2, 0.25) is 0 Å². The molecule has 0 spiro atoms. The number of nitrogens with zero attached hydrogens (tertiary/aromatic N) is 3. The van der Waals surface area contributed by atoms with Crippen LogP contribution in [0.15, 0.2) is 11.2 Å². The highest BCUT2D eigenvalue weighted by Crippen LogP contribution is 2.19. The first-order chi connectivity index (χ1) is 9.37. The Morgan fingerprint density at radius 2 is 2.25 bits per heavy atom. The number of nitrogens with one attached hydrogen (secondary N) is 1. The molecule has 7 nitrogen and oxygen atoms in total. The van der Waals surface area contributed by atoms with Gasteiger partial charge in [-0.2, -0.15) is 4.31 Å². The Bertz CT molecular complexity index is 569. The number of aromatic nitrogens is 2. The third-order valence-electron chi connectivity index (χ3n) is 3.68. The zero-order valence-corrected chi connectivity index (χ0v) is 12.9. The second kappa shape index (κ2) is 5.80. The fraction of sp³-hybridized carbons (Fsp3) is 0.750. The molecule has 0 radical (unpaired) electrons. The van der Waals surface area contributed by atoms with Crippen LogP contribution in [-0.2, 0) is 16.6 Å². The van der Waals surface area contributed by atoms with Gasteiger partial charge in [-0.1, -0.05) is 6.92 Å². The fourth-order valence-corrected chi connectivity index (χ4v) is 3.79. The van der Waals surface area contributed by atoms with Gasteiger partial charge in [0.1, 0.15) is 5.82 Å². The van der Waals surface area contributed by atoms with Crippen molar-refractivity contribution in [1.82, 2.24) is 19.2 Å². The molecule has 0 saturated carbocycles. The van der Waals surface area contributed by atoms with Crippen LogP contribution in [0.1, 0.15) is 19.2 Å². The van der Waals surface area contributed by atoms with Gasteiger partial charge in [0.05, 0.1) is 12.1 Å². The summed E-state index contributed by atoms with van der Waals surface area (Å²) in [6, 6.07) is -0.448. The molecule has 2 atom stereocenters. The first kappa shape index (κ1) is 15.4. The van der Waals surface area contributed by atoms with Gasteiger partial charge in [-0.05, 0) is 13.3 Å². The molecule has 8 heteroatoms. The number of aryl methyl sites for hydroxylation is 2. The van der Waals surface area contributed by atoms with Gasteiger partial charge >= 0.3 is 0 Å². The molecule has 1 aromatic heterocycles. The van der Waals surface area contributed by atoms with Crippen molar-refractivity contribution in [3.63, 3.8) is 0 Å². The number of aliphatic hydroxyl groups is 1. The molecule has 0 amide bonds. The van der Waals surface area contributed by atoms with E-state index in [0.717, 1.165) is 13.0 Å². The summed E-state index contributed by atoms with van der Waals surface area (Å²) in [5, 5.41) is 12.8. The van der Waals surface area contributed by atoms with Gasteiger partial charge in [-0.15, -0.1) is 0 Å². The second-order valence-corrected chi connectivity index (χ2v) is 7.08. The molecule has 2 heterocycles. The third-order valence-corrected chi connectivity index (χ3v) is 5.43. The molecule has 1 fully saturated rings. The molecule has 0 aromatic carbocycles. The third kappa shape index (κ3) is 2.73. The van der Waals surface area contributed by atoms with Gasteiger partial charge in [-0.25, -0.2) is 13.4 Å². The van der Waals surface area contributed by atoms with E-state index in [4.69, 9.17) is 0 Å². The number of rotatable bonds is 5. The van der Waals surface area contributed by atoms with Crippen LogP contribution in [0.5, 0.6) is 0 Å². The van der Waals surface area contributed by atoms with E-state index in [-0.39, 0.29) is 5.03 Å². The maximum absolute atomic E-state index is 12.5. The van der Waals surface area contributed by atoms with Crippen molar-refractivity contribution in [2.24, 2.45) is 0 Å². The Labute approximate surface area is 119 Å². The van der Waals surface area contributed by atoms with Crippen LogP contribution in [0.2, 0.25) is 0 Å². The van der Waals surface area contributed by atoms with Crippen LogP contribution in [0.4, 0.5) is 0 Å². The standard InChI is InChI=1S/C12H22N4O3S/c1-4-5-16-8-12(14-9(16)2)20(18,19)15(3)10-6-13-7-11(10)17/h8,10-11,13,17H,4-7H2,1-3H3/t10-,11-/m0/s1. The molecular weight excluding hydrogens is 280 g/mol. The lowest BCUT2D eigenvalue weighted by molar-refractivity contribution is 0.136. The predicted octanol–water partition coefficient (Wildman–Crippen LogP) is -0.445. The molecule has 0 unspecified atom stereocenters. The van der Waals surface area contributed by atoms with Crippen LogP contribution >= 0.6 is 0 Å². The fourth-order valence-electron chi connectivity index (χ4n) is 2.42. The molecule has 1 aliphatic heterocycles. The van der Waals surface area contributed by atoms with Crippen molar-refractivity contribution in [3.05, 3.63) is 12.0 Å². The van der Waals surface area contributed by atoms with Crippen molar-refractivity contribution in [3.8, 4) is 0 Å². The van der Waals surface area contributed by atoms with Gasteiger partial charge < -0.3 is 15.0 Å². The van der Waals surface area contributed by atoms with Crippen LogP contribution in [0, 0.1) is 6.92 Å². The molecule has 20 heavy (non-hydrogen) atoms. The van der Waals surface area contributed by atoms with Gasteiger partial charge in [-0.3, -0.25) is 0 Å². The van der Waals surface area contributed by atoms with E-state index < -0.39 is 22.2 Å². The molecule has 1 saturated heterocycles. The quantitative estimate of drug-likeness (QED) is 0.769. The van der Waals surface area contributed by atoms with E-state index >= 15 is 0 Å². The topological polar surface area (TPSA) is 87.5 Å². The van der Waals surface area contributed by atoms with E-state index in [9.17, 15) is 13.5 Å². The number of imidazole rings is 1. The number of hydrogen-bond donors (Lipinski definition) is 2. The zero-order chi connectivity index (χ0) is 14.9. The van der Waals surface area contributed by atoms with Gasteiger partial charge in [0.15, 0.2) is 5.03 Å². The summed E-state index contributed by atoms with van der Waals surface area (Å²) in [6.45, 7) is 5.42. The van der Waals surface area contributed by atoms with Gasteiger partial charge in [0.25, 0.3) is 10.0 Å². The van der Waals surface area contributed by atoms with Crippen molar-refractivity contribution in [1.29, 1.82) is 0 Å². The SMILES string of the molecule is CCCn1cc(S(=O)(=O)N(C)[C@H]2CNC[C@@H]2O)nc1C. The van der Waals surface area contributed by atoms with Crippen molar-refractivity contribution in [2.75, 3.05) is 20.1 Å². The minimum absolute atomic E-state index is 0.0463. The molecule has 114 valence electrons. The van der Waals surface area contributed by atoms with Crippen molar-refractivity contribution in [2.45, 2.75) is 44.0 Å². The molecular formula is C12H22N4O3S. The Morgan fingerprint density at radius 1 is 1.55 bits per heavy atom. The predicted molar refractivity (Wildman–Crippen MR) is 74.9 cm³/mol. The number of hydrogen-bond acceptors (Lipinski definition) is 5. The van der Waals surface area contributed by atoms with Crippen LogP contribution in [-0.4, -0.2) is 59.7 Å². The largest absolute Gasteiger partial charge is 0.390 e. The summed E-state index contributed by atoms with van der Waals surface area (Å²) in [7, 11) is -2.18. The molecule has 0 aliphatic carbocycles. The summed E-state index contributed by atoms with van der Waals surface area (Å²) >= 11 is 0. The summed E-state index contributed by atoms with van der Waals surface area (Å²) in [6.07, 6.45) is 1.80. The highest BCUT2D eigenvalue weighted by atomic mass is 32.2. The lowest BCUT2D eigenvalue weighted by Gasteiger charge is -2.24. The number of aliphatic hydroxyl groups excluding tert-OH is 1. The Hall–Kier alpha value is -0.960. The molecule has 2 N–H and O–H groups in total. The highest BCUT2D eigenvalue weighted by Gasteiger charge is 2.36. The summed E-state index contributed by atoms with van der Waals surface area (Å²) < 4.78 is 28.1.